The van der Waals surface area contributed by atoms with Gasteiger partial charge in [-0.3, -0.25) is 9.36 Å². The molecule has 2 heterocycles. The van der Waals surface area contributed by atoms with Gasteiger partial charge < -0.3 is 24.1 Å². The fraction of sp³-hybridized carbons (Fsp3) is 0.429. The van der Waals surface area contributed by atoms with Gasteiger partial charge in [-0.1, -0.05) is 18.2 Å². The zero-order chi connectivity index (χ0) is 28.3. The Balaban J connectivity index is 1.43. The Bertz CT molecular complexity index is 1480. The average molecular weight is 539 g/mol. The van der Waals surface area contributed by atoms with E-state index >= 15 is 4.39 Å². The Kier molecular flexibility index (Phi) is 8.06. The third-order valence-electron chi connectivity index (χ3n) is 6.30. The molecule has 0 radical (unpaired) electrons. The summed E-state index contributed by atoms with van der Waals surface area (Å²) in [6.07, 6.45) is -1.06. The maximum Gasteiger partial charge on any atom is 0.419 e. The molecule has 0 aliphatic carbocycles. The van der Waals surface area contributed by atoms with Crippen molar-refractivity contribution in [3.63, 3.8) is 0 Å². The highest BCUT2D eigenvalue weighted by molar-refractivity contribution is 5.83. The number of nitrogens with one attached hydrogen (secondary N) is 1. The van der Waals surface area contributed by atoms with E-state index in [1.165, 1.54) is 15.5 Å². The lowest BCUT2D eigenvalue weighted by molar-refractivity contribution is -0.133. The first-order valence-electron chi connectivity index (χ1n) is 12.6. The molecule has 1 aliphatic heterocycles. The maximum absolute atomic E-state index is 15.1. The number of hydrogen-bond donors (Lipinski definition) is 1. The van der Waals surface area contributed by atoms with Crippen molar-refractivity contribution in [2.75, 3.05) is 19.7 Å². The molecule has 2 aromatic carbocycles. The van der Waals surface area contributed by atoms with Crippen molar-refractivity contribution in [1.29, 1.82) is 5.26 Å². The van der Waals surface area contributed by atoms with Crippen molar-refractivity contribution in [1.82, 2.24) is 14.8 Å². The van der Waals surface area contributed by atoms with Crippen LogP contribution in [-0.2, 0) is 27.7 Å². The van der Waals surface area contributed by atoms with E-state index < -0.39 is 41.3 Å². The van der Waals surface area contributed by atoms with Crippen LogP contribution in [0, 0.1) is 17.1 Å². The zero-order valence-corrected chi connectivity index (χ0v) is 22.3. The molecule has 1 aliphatic rings. The number of carbonyl (C=O) groups is 2. The number of rotatable bonds is 5. The molecule has 0 bridgehead atoms. The molecular formula is C28H31FN4O6. The number of halogens is 1. The van der Waals surface area contributed by atoms with Crippen molar-refractivity contribution in [2.24, 2.45) is 7.05 Å². The largest absolute Gasteiger partial charge is 0.444 e. The highest BCUT2D eigenvalue weighted by atomic mass is 19.1. The predicted molar refractivity (Wildman–Crippen MR) is 140 cm³/mol. The topological polar surface area (TPSA) is 127 Å². The van der Waals surface area contributed by atoms with Crippen LogP contribution in [0.25, 0.3) is 22.2 Å². The number of carbonyl (C=O) groups excluding carboxylic acids is 2. The Morgan fingerprint density at radius 2 is 1.95 bits per heavy atom. The molecule has 4 rings (SSSR count). The van der Waals surface area contributed by atoms with Crippen molar-refractivity contribution in [2.45, 2.75) is 51.4 Å². The molecule has 3 aromatic rings. The smallest absolute Gasteiger partial charge is 0.419 e. The van der Waals surface area contributed by atoms with Gasteiger partial charge >= 0.3 is 11.8 Å². The molecule has 1 N–H and O–H groups in total. The first kappa shape index (κ1) is 27.9. The van der Waals surface area contributed by atoms with E-state index in [4.69, 9.17) is 13.9 Å². The molecule has 1 fully saturated rings. The number of benzene rings is 2. The van der Waals surface area contributed by atoms with E-state index in [0.29, 0.717) is 35.2 Å². The molecule has 1 aromatic heterocycles. The lowest BCUT2D eigenvalue weighted by atomic mass is 10.00. The number of fused-ring (bicyclic) bond motifs is 1. The summed E-state index contributed by atoms with van der Waals surface area (Å²) < 4.78 is 32.6. The number of nitriles is 1. The number of amides is 2. The third-order valence-corrected chi connectivity index (χ3v) is 6.30. The van der Waals surface area contributed by atoms with Crippen LogP contribution in [0.2, 0.25) is 0 Å². The fourth-order valence-corrected chi connectivity index (χ4v) is 4.29. The standard InChI is InChI=1S/C28H31FN4O6/c1-28(2,3)39-27(36)33-10-5-11-37-24(16-33)25(34)31-20(15-30)12-19-7-6-17(13-21(19)29)18-8-9-23-22(14-18)32(4)26(35)38-23/h6-9,13-14,20,24H,5,10-12,16H2,1-4H3,(H,31,34)/t20-,24?/m0/s1. The van der Waals surface area contributed by atoms with Gasteiger partial charge in [-0.15, -0.1) is 0 Å². The molecule has 10 nitrogen and oxygen atoms in total. The number of oxazole rings is 1. The number of hydrogen-bond acceptors (Lipinski definition) is 7. The van der Waals surface area contributed by atoms with Crippen LogP contribution in [0.4, 0.5) is 9.18 Å². The summed E-state index contributed by atoms with van der Waals surface area (Å²) in [6.45, 7) is 5.90. The number of nitrogens with zero attached hydrogens (tertiary/aromatic N) is 3. The molecule has 39 heavy (non-hydrogen) atoms. The summed E-state index contributed by atoms with van der Waals surface area (Å²) in [6, 6.07) is 10.7. The Morgan fingerprint density at radius 3 is 2.64 bits per heavy atom. The second-order valence-corrected chi connectivity index (χ2v) is 10.4. The van der Waals surface area contributed by atoms with Gasteiger partial charge in [0.25, 0.3) is 5.91 Å². The summed E-state index contributed by atoms with van der Waals surface area (Å²) in [4.78, 5) is 38.6. The van der Waals surface area contributed by atoms with Crippen LogP contribution in [0.3, 0.4) is 0 Å². The van der Waals surface area contributed by atoms with Crippen molar-refractivity contribution < 1.29 is 27.9 Å². The fourth-order valence-electron chi connectivity index (χ4n) is 4.29. The quantitative estimate of drug-likeness (QED) is 0.527. The van der Waals surface area contributed by atoms with Gasteiger partial charge in [-0.25, -0.2) is 14.0 Å². The van der Waals surface area contributed by atoms with Gasteiger partial charge in [0.2, 0.25) is 0 Å². The van der Waals surface area contributed by atoms with E-state index in [-0.39, 0.29) is 25.1 Å². The van der Waals surface area contributed by atoms with Crippen molar-refractivity contribution >= 4 is 23.1 Å². The summed E-state index contributed by atoms with van der Waals surface area (Å²) in [7, 11) is 1.59. The second-order valence-electron chi connectivity index (χ2n) is 10.4. The Hall–Kier alpha value is -4.17. The van der Waals surface area contributed by atoms with Gasteiger partial charge in [-0.2, -0.15) is 5.26 Å². The minimum atomic E-state index is -1.02. The molecule has 206 valence electrons. The Labute approximate surface area is 224 Å². The van der Waals surface area contributed by atoms with E-state index in [2.05, 4.69) is 5.32 Å². The first-order chi connectivity index (χ1) is 18.4. The molecule has 2 atom stereocenters. The lowest BCUT2D eigenvalue weighted by Gasteiger charge is -2.27. The normalized spacial score (nSPS) is 16.8. The summed E-state index contributed by atoms with van der Waals surface area (Å²) in [5.41, 5.74) is 1.85. The van der Waals surface area contributed by atoms with E-state index in [1.807, 2.05) is 6.07 Å². The van der Waals surface area contributed by atoms with Crippen molar-refractivity contribution in [3.05, 3.63) is 58.3 Å². The van der Waals surface area contributed by atoms with Crippen LogP contribution in [0.15, 0.2) is 45.6 Å². The van der Waals surface area contributed by atoms with Gasteiger partial charge in [0.05, 0.1) is 18.1 Å². The summed E-state index contributed by atoms with van der Waals surface area (Å²) >= 11 is 0. The van der Waals surface area contributed by atoms with Gasteiger partial charge in [0, 0.05) is 26.6 Å². The van der Waals surface area contributed by atoms with Gasteiger partial charge in [0.15, 0.2) is 11.7 Å². The van der Waals surface area contributed by atoms with E-state index in [1.54, 1.807) is 58.2 Å². The number of aryl methyl sites for hydroxylation is 1. The van der Waals surface area contributed by atoms with Crippen LogP contribution >= 0.6 is 0 Å². The first-order valence-corrected chi connectivity index (χ1v) is 12.6. The van der Waals surface area contributed by atoms with Crippen LogP contribution < -0.4 is 11.1 Å². The minimum Gasteiger partial charge on any atom is -0.444 e. The molecular weight excluding hydrogens is 507 g/mol. The highest BCUT2D eigenvalue weighted by Gasteiger charge is 2.31. The summed E-state index contributed by atoms with van der Waals surface area (Å²) in [5.74, 6) is -1.59. The van der Waals surface area contributed by atoms with Gasteiger partial charge in [0.1, 0.15) is 17.5 Å². The van der Waals surface area contributed by atoms with Crippen LogP contribution in [0.5, 0.6) is 0 Å². The monoisotopic (exact) mass is 538 g/mol. The number of aromatic nitrogens is 1. The highest BCUT2D eigenvalue weighted by Crippen LogP contribution is 2.26. The minimum absolute atomic E-state index is 0.0193. The van der Waals surface area contributed by atoms with E-state index in [9.17, 15) is 19.6 Å². The van der Waals surface area contributed by atoms with Crippen LogP contribution in [-0.4, -0.2) is 58.9 Å². The SMILES string of the molecule is Cn1c(=O)oc2ccc(-c3ccc(C[C@@H](C#N)NC(=O)C4CN(C(=O)OC(C)(C)C)CCCO4)c(F)c3)cc21. The molecule has 11 heteroatoms. The molecule has 0 spiro atoms. The average Bonchev–Trinajstić information content (AvgIpc) is 3.03. The zero-order valence-electron chi connectivity index (χ0n) is 22.3. The summed E-state index contributed by atoms with van der Waals surface area (Å²) in [5, 5.41) is 12.3. The molecule has 1 saturated heterocycles. The molecule has 2 amide bonds. The van der Waals surface area contributed by atoms with E-state index in [0.717, 1.165) is 0 Å². The second kappa shape index (κ2) is 11.3. The predicted octanol–water partition coefficient (Wildman–Crippen LogP) is 3.51. The number of ether oxygens (including phenoxy) is 2. The molecule has 0 saturated carbocycles. The van der Waals surface area contributed by atoms with Crippen molar-refractivity contribution in [3.8, 4) is 17.2 Å². The lowest BCUT2D eigenvalue weighted by Crippen LogP contribution is -2.48. The maximum atomic E-state index is 15.1. The third kappa shape index (κ3) is 6.64. The molecule has 1 unspecified atom stereocenters. The van der Waals surface area contributed by atoms with Crippen LogP contribution in [0.1, 0.15) is 32.8 Å². The van der Waals surface area contributed by atoms with Gasteiger partial charge in [-0.05, 0) is 62.1 Å². The Morgan fingerprint density at radius 1 is 1.23 bits per heavy atom.